The Bertz CT molecular complexity index is 950. The number of amides is 1. The van der Waals surface area contributed by atoms with Gasteiger partial charge in [-0.3, -0.25) is 9.69 Å². The third-order valence-electron chi connectivity index (χ3n) is 4.16. The van der Waals surface area contributed by atoms with Crippen LogP contribution in [0.25, 0.3) is 6.08 Å². The van der Waals surface area contributed by atoms with Crippen LogP contribution in [0.15, 0.2) is 47.4 Å². The second-order valence-electron chi connectivity index (χ2n) is 6.20. The van der Waals surface area contributed by atoms with Crippen LogP contribution >= 0.6 is 35.6 Å². The van der Waals surface area contributed by atoms with Gasteiger partial charge in [-0.05, 0) is 49.8 Å². The van der Waals surface area contributed by atoms with Crippen LogP contribution in [0.2, 0.25) is 5.02 Å². The standard InChI is InChI=1S/C22H22ClNO4S2/c1-3-24-21(25)19(30-22(24)29)14-15-12-17(23)20(18(13-15)26-4-2)28-11-10-27-16-8-6-5-7-9-16/h5-9,12-14H,3-4,10-11H2,1-2H3. The second-order valence-corrected chi connectivity index (χ2v) is 8.28. The zero-order chi connectivity index (χ0) is 21.5. The highest BCUT2D eigenvalue weighted by atomic mass is 35.5. The van der Waals surface area contributed by atoms with E-state index in [4.69, 9.17) is 38.0 Å². The van der Waals surface area contributed by atoms with Crippen molar-refractivity contribution in [3.8, 4) is 17.2 Å². The third-order valence-corrected chi connectivity index (χ3v) is 5.82. The molecule has 1 aliphatic heterocycles. The first-order chi connectivity index (χ1) is 14.5. The first-order valence-corrected chi connectivity index (χ1v) is 11.2. The van der Waals surface area contributed by atoms with E-state index in [1.54, 1.807) is 23.1 Å². The molecule has 0 saturated carbocycles. The van der Waals surface area contributed by atoms with Crippen molar-refractivity contribution in [2.24, 2.45) is 0 Å². The molecule has 1 amide bonds. The summed E-state index contributed by atoms with van der Waals surface area (Å²) in [5, 5.41) is 0.401. The fraction of sp³-hybridized carbons (Fsp3) is 0.273. The van der Waals surface area contributed by atoms with Crippen LogP contribution in [0.4, 0.5) is 0 Å². The van der Waals surface area contributed by atoms with Gasteiger partial charge in [0.2, 0.25) is 0 Å². The minimum Gasteiger partial charge on any atom is -0.490 e. The molecule has 0 radical (unpaired) electrons. The van der Waals surface area contributed by atoms with E-state index in [2.05, 4.69) is 0 Å². The molecule has 2 aromatic rings. The quantitative estimate of drug-likeness (QED) is 0.281. The van der Waals surface area contributed by atoms with E-state index in [0.717, 1.165) is 11.3 Å². The molecule has 0 atom stereocenters. The molecular formula is C22H22ClNO4S2. The average molecular weight is 464 g/mol. The van der Waals surface area contributed by atoms with Gasteiger partial charge in [-0.15, -0.1) is 0 Å². The van der Waals surface area contributed by atoms with E-state index in [-0.39, 0.29) is 5.91 Å². The maximum absolute atomic E-state index is 12.5. The lowest BCUT2D eigenvalue weighted by Gasteiger charge is -2.15. The number of carbonyl (C=O) groups is 1. The predicted molar refractivity (Wildman–Crippen MR) is 126 cm³/mol. The summed E-state index contributed by atoms with van der Waals surface area (Å²) in [5.41, 5.74) is 0.743. The number of carbonyl (C=O) groups excluding carboxylic acids is 1. The van der Waals surface area contributed by atoms with Crippen LogP contribution in [0.3, 0.4) is 0 Å². The molecule has 3 rings (SSSR count). The second kappa shape index (κ2) is 10.7. The van der Waals surface area contributed by atoms with Crippen molar-refractivity contribution in [2.45, 2.75) is 13.8 Å². The summed E-state index contributed by atoms with van der Waals surface area (Å²) in [6.07, 6.45) is 1.77. The summed E-state index contributed by atoms with van der Waals surface area (Å²) in [7, 11) is 0. The molecule has 158 valence electrons. The molecule has 30 heavy (non-hydrogen) atoms. The molecule has 1 fully saturated rings. The first-order valence-electron chi connectivity index (χ1n) is 9.55. The van der Waals surface area contributed by atoms with E-state index < -0.39 is 0 Å². The maximum atomic E-state index is 12.5. The Morgan fingerprint density at radius 2 is 1.83 bits per heavy atom. The van der Waals surface area contributed by atoms with E-state index >= 15 is 0 Å². The highest BCUT2D eigenvalue weighted by molar-refractivity contribution is 8.26. The number of benzene rings is 2. The number of halogens is 1. The van der Waals surface area contributed by atoms with E-state index in [1.165, 1.54) is 11.8 Å². The molecule has 8 heteroatoms. The van der Waals surface area contributed by atoms with Gasteiger partial charge in [0.25, 0.3) is 5.91 Å². The summed E-state index contributed by atoms with van der Waals surface area (Å²) >= 11 is 13.0. The Morgan fingerprint density at radius 3 is 2.50 bits per heavy atom. The van der Waals surface area contributed by atoms with Gasteiger partial charge in [0, 0.05) is 6.54 Å². The molecule has 0 aliphatic carbocycles. The number of hydrogen-bond acceptors (Lipinski definition) is 6. The van der Waals surface area contributed by atoms with E-state index in [0.29, 0.717) is 52.1 Å². The van der Waals surface area contributed by atoms with Crippen LogP contribution < -0.4 is 14.2 Å². The van der Waals surface area contributed by atoms with Crippen molar-refractivity contribution in [2.75, 3.05) is 26.4 Å². The largest absolute Gasteiger partial charge is 0.490 e. The molecule has 5 nitrogen and oxygen atoms in total. The molecule has 1 saturated heterocycles. The number of ether oxygens (including phenoxy) is 3. The zero-order valence-corrected chi connectivity index (χ0v) is 19.1. The molecule has 0 N–H and O–H groups in total. The van der Waals surface area contributed by atoms with Crippen LogP contribution in [-0.2, 0) is 4.79 Å². The van der Waals surface area contributed by atoms with Gasteiger partial charge in [-0.1, -0.05) is 53.8 Å². The van der Waals surface area contributed by atoms with Crippen LogP contribution in [-0.4, -0.2) is 41.5 Å². The first kappa shape index (κ1) is 22.5. The van der Waals surface area contributed by atoms with Gasteiger partial charge in [0.05, 0.1) is 16.5 Å². The van der Waals surface area contributed by atoms with Crippen molar-refractivity contribution in [3.05, 3.63) is 58.0 Å². The van der Waals surface area contributed by atoms with Crippen molar-refractivity contribution < 1.29 is 19.0 Å². The maximum Gasteiger partial charge on any atom is 0.266 e. The minimum absolute atomic E-state index is 0.0973. The predicted octanol–water partition coefficient (Wildman–Crippen LogP) is 5.42. The minimum atomic E-state index is -0.0973. The highest BCUT2D eigenvalue weighted by Crippen LogP contribution is 2.39. The third kappa shape index (κ3) is 5.47. The topological polar surface area (TPSA) is 48.0 Å². The number of hydrogen-bond donors (Lipinski definition) is 0. The van der Waals surface area contributed by atoms with E-state index in [1.807, 2.05) is 44.2 Å². The van der Waals surface area contributed by atoms with Crippen molar-refractivity contribution in [3.63, 3.8) is 0 Å². The van der Waals surface area contributed by atoms with Crippen LogP contribution in [0.5, 0.6) is 17.2 Å². The highest BCUT2D eigenvalue weighted by Gasteiger charge is 2.30. The molecule has 0 spiro atoms. The van der Waals surface area contributed by atoms with E-state index in [9.17, 15) is 4.79 Å². The van der Waals surface area contributed by atoms with Gasteiger partial charge >= 0.3 is 0 Å². The summed E-state index contributed by atoms with van der Waals surface area (Å²) < 4.78 is 17.8. The number of rotatable bonds is 9. The Labute approximate surface area is 190 Å². The van der Waals surface area contributed by atoms with Crippen molar-refractivity contribution in [1.29, 1.82) is 0 Å². The lowest BCUT2D eigenvalue weighted by atomic mass is 10.1. The normalized spacial score (nSPS) is 15.0. The van der Waals surface area contributed by atoms with Gasteiger partial charge in [0.15, 0.2) is 11.5 Å². The fourth-order valence-electron chi connectivity index (χ4n) is 2.82. The summed E-state index contributed by atoms with van der Waals surface area (Å²) in [6.45, 7) is 5.45. The average Bonchev–Trinajstić information content (AvgIpc) is 3.00. The van der Waals surface area contributed by atoms with Crippen LogP contribution in [0.1, 0.15) is 19.4 Å². The number of nitrogens with zero attached hydrogens (tertiary/aromatic N) is 1. The van der Waals surface area contributed by atoms with Gasteiger partial charge in [-0.2, -0.15) is 0 Å². The fourth-order valence-corrected chi connectivity index (χ4v) is 4.48. The molecule has 0 aromatic heterocycles. The van der Waals surface area contributed by atoms with Gasteiger partial charge in [0.1, 0.15) is 23.3 Å². The summed E-state index contributed by atoms with van der Waals surface area (Å²) in [5.74, 6) is 1.65. The molecular weight excluding hydrogens is 442 g/mol. The molecule has 1 heterocycles. The molecule has 2 aromatic carbocycles. The summed E-state index contributed by atoms with van der Waals surface area (Å²) in [6, 6.07) is 13.1. The van der Waals surface area contributed by atoms with Crippen molar-refractivity contribution >= 4 is 51.9 Å². The number of thioether (sulfide) groups is 1. The van der Waals surface area contributed by atoms with Crippen molar-refractivity contribution in [1.82, 2.24) is 4.90 Å². The lowest BCUT2D eigenvalue weighted by molar-refractivity contribution is -0.121. The number of likely N-dealkylation sites (N-methyl/N-ethyl adjacent to an activating group) is 1. The number of para-hydroxylation sites is 1. The number of thiocarbonyl (C=S) groups is 1. The van der Waals surface area contributed by atoms with Gasteiger partial charge in [-0.25, -0.2) is 0 Å². The summed E-state index contributed by atoms with van der Waals surface area (Å²) in [4.78, 5) is 14.6. The molecule has 1 aliphatic rings. The smallest absolute Gasteiger partial charge is 0.266 e. The van der Waals surface area contributed by atoms with Crippen LogP contribution in [0, 0.1) is 0 Å². The Balaban J connectivity index is 1.73. The SMILES string of the molecule is CCOc1cc(C=C2SC(=S)N(CC)C2=O)cc(Cl)c1OCCOc1ccccc1. The monoisotopic (exact) mass is 463 g/mol. The Morgan fingerprint density at radius 1 is 1.10 bits per heavy atom. The zero-order valence-electron chi connectivity index (χ0n) is 16.7. The molecule has 0 unspecified atom stereocenters. The Hall–Kier alpha value is -2.22. The van der Waals surface area contributed by atoms with Gasteiger partial charge < -0.3 is 14.2 Å². The lowest BCUT2D eigenvalue weighted by Crippen LogP contribution is -2.27. The molecule has 0 bridgehead atoms. The Kier molecular flexibility index (Phi) is 8.01.